The Morgan fingerprint density at radius 2 is 2.31 bits per heavy atom. The Bertz CT molecular complexity index is 498. The van der Waals surface area contributed by atoms with Crippen molar-refractivity contribution in [3.05, 3.63) is 24.0 Å². The minimum atomic E-state index is -0.478. The van der Waals surface area contributed by atoms with E-state index in [1.807, 2.05) is 0 Å². The Morgan fingerprint density at radius 3 is 2.88 bits per heavy atom. The summed E-state index contributed by atoms with van der Waals surface area (Å²) >= 11 is 0. The third-order valence-electron chi connectivity index (χ3n) is 1.95. The molecule has 84 valence electrons. The van der Waals surface area contributed by atoms with E-state index in [4.69, 9.17) is 10.5 Å². The van der Waals surface area contributed by atoms with E-state index in [1.54, 1.807) is 13.0 Å². The van der Waals surface area contributed by atoms with Crippen molar-refractivity contribution in [3.63, 3.8) is 0 Å². The maximum absolute atomic E-state index is 13.5. The number of aromatic nitrogens is 4. The Balaban J connectivity index is 2.38. The summed E-state index contributed by atoms with van der Waals surface area (Å²) in [6.45, 7) is 2.19. The number of hydrogen-bond acceptors (Lipinski definition) is 5. The molecule has 0 spiro atoms. The summed E-state index contributed by atoms with van der Waals surface area (Å²) in [5.74, 6) is -0.185. The minimum Gasteiger partial charge on any atom is -0.491 e. The number of nitrogens with two attached hydrogens (primary N) is 1. The quantitative estimate of drug-likeness (QED) is 0.831. The molecule has 0 saturated heterocycles. The third-order valence-corrected chi connectivity index (χ3v) is 1.95. The second kappa shape index (κ2) is 4.13. The summed E-state index contributed by atoms with van der Waals surface area (Å²) in [6, 6.07) is 4.40. The molecule has 0 amide bonds. The first-order chi connectivity index (χ1) is 7.72. The molecule has 2 N–H and O–H groups in total. The van der Waals surface area contributed by atoms with Crippen molar-refractivity contribution >= 4 is 5.95 Å². The van der Waals surface area contributed by atoms with Gasteiger partial charge in [0, 0.05) is 6.07 Å². The molecule has 7 heteroatoms. The van der Waals surface area contributed by atoms with Gasteiger partial charge in [0.25, 0.3) is 0 Å². The van der Waals surface area contributed by atoms with E-state index in [0.717, 1.165) is 0 Å². The summed E-state index contributed by atoms with van der Waals surface area (Å²) in [7, 11) is 0. The largest absolute Gasteiger partial charge is 0.491 e. The Labute approximate surface area is 90.8 Å². The lowest BCUT2D eigenvalue weighted by Gasteiger charge is -2.06. The highest BCUT2D eigenvalue weighted by Crippen LogP contribution is 2.20. The number of rotatable bonds is 3. The zero-order valence-electron chi connectivity index (χ0n) is 8.59. The number of hydrogen-bond donors (Lipinski definition) is 1. The van der Waals surface area contributed by atoms with Crippen LogP contribution in [0.1, 0.15) is 6.92 Å². The van der Waals surface area contributed by atoms with Gasteiger partial charge in [-0.1, -0.05) is 5.10 Å². The van der Waals surface area contributed by atoms with Gasteiger partial charge in [-0.3, -0.25) is 0 Å². The molecule has 0 saturated carbocycles. The molecule has 2 rings (SSSR count). The topological polar surface area (TPSA) is 78.8 Å². The van der Waals surface area contributed by atoms with Crippen LogP contribution in [0, 0.1) is 5.82 Å². The summed E-state index contributed by atoms with van der Waals surface area (Å²) < 4.78 is 19.8. The van der Waals surface area contributed by atoms with Crippen LogP contribution in [0.4, 0.5) is 10.3 Å². The first-order valence-corrected chi connectivity index (χ1v) is 4.69. The molecule has 0 fully saturated rings. The number of benzene rings is 1. The standard InChI is InChI=1S/C9H10FN5O/c1-2-16-8-4-3-6(5-7(8)10)15-9(11)12-13-14-15/h3-5H,2H2,1H3,(H2,11,12,14). The van der Waals surface area contributed by atoms with Gasteiger partial charge in [-0.25, -0.2) is 4.39 Å². The molecule has 1 aromatic heterocycles. The summed E-state index contributed by atoms with van der Waals surface area (Å²) in [5, 5.41) is 10.5. The van der Waals surface area contributed by atoms with Gasteiger partial charge >= 0.3 is 0 Å². The number of nitrogens with zero attached hydrogens (tertiary/aromatic N) is 4. The van der Waals surface area contributed by atoms with Gasteiger partial charge in [-0.15, -0.1) is 0 Å². The lowest BCUT2D eigenvalue weighted by atomic mass is 10.3. The lowest BCUT2D eigenvalue weighted by Crippen LogP contribution is -2.03. The van der Waals surface area contributed by atoms with Gasteiger partial charge in [-0.05, 0) is 29.5 Å². The van der Waals surface area contributed by atoms with Crippen LogP contribution in [0.25, 0.3) is 5.69 Å². The van der Waals surface area contributed by atoms with E-state index in [2.05, 4.69) is 15.5 Å². The zero-order chi connectivity index (χ0) is 11.5. The van der Waals surface area contributed by atoms with E-state index in [-0.39, 0.29) is 11.7 Å². The summed E-state index contributed by atoms with van der Waals surface area (Å²) in [4.78, 5) is 0. The first-order valence-electron chi connectivity index (χ1n) is 4.69. The molecular formula is C9H10FN5O. The van der Waals surface area contributed by atoms with Crippen LogP contribution < -0.4 is 10.5 Å². The van der Waals surface area contributed by atoms with Gasteiger partial charge in [0.05, 0.1) is 12.3 Å². The average Bonchev–Trinajstić information content (AvgIpc) is 2.68. The van der Waals surface area contributed by atoms with Crippen molar-refractivity contribution in [3.8, 4) is 11.4 Å². The zero-order valence-corrected chi connectivity index (χ0v) is 8.59. The second-order valence-corrected chi connectivity index (χ2v) is 3.00. The molecule has 0 atom stereocenters. The molecule has 0 radical (unpaired) electrons. The minimum absolute atomic E-state index is 0.101. The van der Waals surface area contributed by atoms with Crippen molar-refractivity contribution in [1.82, 2.24) is 20.2 Å². The van der Waals surface area contributed by atoms with Gasteiger partial charge in [0.2, 0.25) is 5.95 Å². The number of ether oxygens (including phenoxy) is 1. The van der Waals surface area contributed by atoms with Crippen molar-refractivity contribution in [1.29, 1.82) is 0 Å². The maximum Gasteiger partial charge on any atom is 0.245 e. The van der Waals surface area contributed by atoms with E-state index >= 15 is 0 Å². The summed E-state index contributed by atoms with van der Waals surface area (Å²) in [5.41, 5.74) is 5.94. The summed E-state index contributed by atoms with van der Waals surface area (Å²) in [6.07, 6.45) is 0. The Hall–Kier alpha value is -2.18. The smallest absolute Gasteiger partial charge is 0.245 e. The van der Waals surface area contributed by atoms with Gasteiger partial charge in [-0.2, -0.15) is 4.68 Å². The fourth-order valence-electron chi connectivity index (χ4n) is 1.27. The van der Waals surface area contributed by atoms with E-state index in [9.17, 15) is 4.39 Å². The van der Waals surface area contributed by atoms with Crippen LogP contribution in [0.15, 0.2) is 18.2 Å². The van der Waals surface area contributed by atoms with Gasteiger partial charge in [0.1, 0.15) is 0 Å². The second-order valence-electron chi connectivity index (χ2n) is 3.00. The van der Waals surface area contributed by atoms with E-state index < -0.39 is 5.82 Å². The van der Waals surface area contributed by atoms with Gasteiger partial charge in [0.15, 0.2) is 11.6 Å². The fraction of sp³-hybridized carbons (Fsp3) is 0.222. The molecular weight excluding hydrogens is 213 g/mol. The molecule has 0 unspecified atom stereocenters. The van der Waals surface area contributed by atoms with Crippen LogP contribution >= 0.6 is 0 Å². The third kappa shape index (κ3) is 1.79. The highest BCUT2D eigenvalue weighted by atomic mass is 19.1. The van der Waals surface area contributed by atoms with Crippen molar-refractivity contribution in [2.45, 2.75) is 6.92 Å². The molecule has 0 aliphatic carbocycles. The van der Waals surface area contributed by atoms with Crippen LogP contribution in [-0.2, 0) is 0 Å². The first kappa shape index (κ1) is 10.3. The Kier molecular flexibility index (Phi) is 2.67. The predicted molar refractivity (Wildman–Crippen MR) is 54.7 cm³/mol. The van der Waals surface area contributed by atoms with Crippen LogP contribution in [0.2, 0.25) is 0 Å². The highest BCUT2D eigenvalue weighted by Gasteiger charge is 2.08. The molecule has 16 heavy (non-hydrogen) atoms. The number of halogens is 1. The predicted octanol–water partition coefficient (Wildman–Crippen LogP) is 0.782. The average molecular weight is 223 g/mol. The number of anilines is 1. The van der Waals surface area contributed by atoms with Crippen LogP contribution in [0.5, 0.6) is 5.75 Å². The molecule has 1 heterocycles. The van der Waals surface area contributed by atoms with Crippen molar-refractivity contribution < 1.29 is 9.13 Å². The molecule has 0 aliphatic rings. The Morgan fingerprint density at radius 1 is 1.50 bits per heavy atom. The van der Waals surface area contributed by atoms with Crippen molar-refractivity contribution in [2.75, 3.05) is 12.3 Å². The van der Waals surface area contributed by atoms with E-state index in [0.29, 0.717) is 12.3 Å². The highest BCUT2D eigenvalue weighted by molar-refractivity contribution is 5.41. The van der Waals surface area contributed by atoms with Crippen molar-refractivity contribution in [2.24, 2.45) is 0 Å². The lowest BCUT2D eigenvalue weighted by molar-refractivity contribution is 0.321. The molecule has 6 nitrogen and oxygen atoms in total. The normalized spacial score (nSPS) is 10.4. The number of tetrazole rings is 1. The van der Waals surface area contributed by atoms with Crippen LogP contribution in [-0.4, -0.2) is 26.8 Å². The fourth-order valence-corrected chi connectivity index (χ4v) is 1.27. The SMILES string of the molecule is CCOc1ccc(-n2nnnc2N)cc1F. The monoisotopic (exact) mass is 223 g/mol. The molecule has 1 aromatic carbocycles. The maximum atomic E-state index is 13.5. The van der Waals surface area contributed by atoms with Gasteiger partial charge < -0.3 is 10.5 Å². The van der Waals surface area contributed by atoms with E-state index in [1.165, 1.54) is 16.8 Å². The number of nitrogen functional groups attached to an aromatic ring is 1. The molecule has 2 aromatic rings. The molecule has 0 bridgehead atoms. The molecule has 0 aliphatic heterocycles. The van der Waals surface area contributed by atoms with Crippen LogP contribution in [0.3, 0.4) is 0 Å².